The second-order valence-corrected chi connectivity index (χ2v) is 16.3. The maximum atomic E-state index is 13.0. The molecule has 4 N–H and O–H groups in total. The van der Waals surface area contributed by atoms with Gasteiger partial charge in [0.2, 0.25) is 0 Å². The monoisotopic (exact) mass is 670 g/mol. The Morgan fingerprint density at radius 3 is 1.71 bits per heavy atom. The van der Waals surface area contributed by atoms with E-state index in [2.05, 4.69) is 45.3 Å². The lowest BCUT2D eigenvalue weighted by Crippen LogP contribution is -2.50. The maximum absolute atomic E-state index is 13.0. The molecule has 0 radical (unpaired) electrons. The lowest BCUT2D eigenvalue weighted by atomic mass is 9.62. The molecule has 0 spiro atoms. The first-order valence-corrected chi connectivity index (χ1v) is 20.1. The number of urea groups is 1. The molecule has 1 saturated carbocycles. The van der Waals surface area contributed by atoms with Gasteiger partial charge in [0.25, 0.3) is 0 Å². The molecule has 1 aromatic rings. The average molecular weight is 670 g/mol. The Hall–Kier alpha value is -2.08. The van der Waals surface area contributed by atoms with Gasteiger partial charge in [-0.1, -0.05) is 150 Å². The summed E-state index contributed by atoms with van der Waals surface area (Å²) in [7, 11) is 0. The molecule has 0 aromatic heterocycles. The Balaban J connectivity index is 1.78. The van der Waals surface area contributed by atoms with Crippen LogP contribution < -0.4 is 16.4 Å². The van der Waals surface area contributed by atoms with Gasteiger partial charge in [-0.3, -0.25) is 0 Å². The van der Waals surface area contributed by atoms with Crippen LogP contribution in [0, 0.1) is 16.7 Å². The molecule has 6 nitrogen and oxygen atoms in total. The third-order valence-corrected chi connectivity index (χ3v) is 10.5. The zero-order valence-corrected chi connectivity index (χ0v) is 31.9. The zero-order valence-electron chi connectivity index (χ0n) is 31.9. The van der Waals surface area contributed by atoms with Crippen molar-refractivity contribution >= 4 is 17.7 Å². The minimum Gasteiger partial charge on any atom is -0.462 e. The van der Waals surface area contributed by atoms with Crippen LogP contribution in [0.1, 0.15) is 193 Å². The Kier molecular flexibility index (Phi) is 21.2. The van der Waals surface area contributed by atoms with Crippen LogP contribution in [0.4, 0.5) is 10.5 Å². The topological polar surface area (TPSA) is 93.4 Å². The summed E-state index contributed by atoms with van der Waals surface area (Å²) in [6, 6.07) is 6.93. The molecule has 1 aliphatic carbocycles. The van der Waals surface area contributed by atoms with E-state index in [4.69, 9.17) is 10.5 Å². The highest BCUT2D eigenvalue weighted by molar-refractivity contribution is 5.92. The van der Waals surface area contributed by atoms with Crippen molar-refractivity contribution in [2.24, 2.45) is 22.5 Å². The van der Waals surface area contributed by atoms with Gasteiger partial charge in [-0.15, -0.1) is 0 Å². The molecule has 276 valence electrons. The number of esters is 1. The lowest BCUT2D eigenvalue weighted by Gasteiger charge is -2.46. The van der Waals surface area contributed by atoms with Crippen molar-refractivity contribution in [3.8, 4) is 0 Å². The van der Waals surface area contributed by atoms with E-state index >= 15 is 0 Å². The second-order valence-electron chi connectivity index (χ2n) is 16.3. The maximum Gasteiger partial charge on any atom is 0.338 e. The molecule has 3 unspecified atom stereocenters. The van der Waals surface area contributed by atoms with Gasteiger partial charge < -0.3 is 21.1 Å². The minimum absolute atomic E-state index is 0.0296. The summed E-state index contributed by atoms with van der Waals surface area (Å²) in [5.74, 6) is 0.152. The summed E-state index contributed by atoms with van der Waals surface area (Å²) in [6.07, 6.45) is 29.1. The minimum atomic E-state index is -0.277. The Morgan fingerprint density at radius 1 is 0.750 bits per heavy atom. The van der Waals surface area contributed by atoms with Crippen molar-refractivity contribution in [2.45, 2.75) is 188 Å². The molecular formula is C42H75N3O3. The highest BCUT2D eigenvalue weighted by Crippen LogP contribution is 2.45. The van der Waals surface area contributed by atoms with E-state index in [9.17, 15) is 9.59 Å². The highest BCUT2D eigenvalue weighted by atomic mass is 16.5. The van der Waals surface area contributed by atoms with Crippen LogP contribution in [0.5, 0.6) is 0 Å². The smallest absolute Gasteiger partial charge is 0.338 e. The van der Waals surface area contributed by atoms with Crippen LogP contribution in [-0.4, -0.2) is 31.2 Å². The highest BCUT2D eigenvalue weighted by Gasteiger charge is 2.40. The fourth-order valence-electron chi connectivity index (χ4n) is 8.01. The third-order valence-electron chi connectivity index (χ3n) is 10.5. The number of unbranched alkanes of at least 4 members (excludes halogenated alkanes) is 16. The van der Waals surface area contributed by atoms with Gasteiger partial charge in [-0.05, 0) is 79.7 Å². The predicted molar refractivity (Wildman–Crippen MR) is 205 cm³/mol. The van der Waals surface area contributed by atoms with E-state index in [1.165, 1.54) is 116 Å². The van der Waals surface area contributed by atoms with Crippen LogP contribution >= 0.6 is 0 Å². The number of nitrogens with one attached hydrogen (secondary N) is 2. The number of anilines is 1. The summed E-state index contributed by atoms with van der Waals surface area (Å²) in [4.78, 5) is 25.8. The molecule has 48 heavy (non-hydrogen) atoms. The van der Waals surface area contributed by atoms with Crippen molar-refractivity contribution in [1.82, 2.24) is 5.32 Å². The third kappa shape index (κ3) is 18.6. The number of rotatable bonds is 26. The van der Waals surface area contributed by atoms with E-state index in [0.717, 1.165) is 32.1 Å². The van der Waals surface area contributed by atoms with E-state index in [-0.39, 0.29) is 28.9 Å². The van der Waals surface area contributed by atoms with Crippen molar-refractivity contribution in [3.63, 3.8) is 0 Å². The number of ether oxygens (including phenoxy) is 1. The van der Waals surface area contributed by atoms with Gasteiger partial charge in [0.1, 0.15) is 0 Å². The van der Waals surface area contributed by atoms with Crippen molar-refractivity contribution < 1.29 is 14.3 Å². The van der Waals surface area contributed by atoms with Gasteiger partial charge in [0.15, 0.2) is 0 Å². The number of carbonyl (C=O) groups excluding carboxylic acids is 2. The summed E-state index contributed by atoms with van der Waals surface area (Å²) in [6.45, 7) is 12.4. The van der Waals surface area contributed by atoms with E-state index < -0.39 is 0 Å². The van der Waals surface area contributed by atoms with Crippen LogP contribution in [0.15, 0.2) is 24.3 Å². The van der Waals surface area contributed by atoms with Gasteiger partial charge in [0.05, 0.1) is 12.2 Å². The Morgan fingerprint density at radius 2 is 1.23 bits per heavy atom. The molecule has 0 bridgehead atoms. The van der Waals surface area contributed by atoms with Crippen molar-refractivity contribution in [2.75, 3.05) is 18.5 Å². The molecule has 6 heteroatoms. The summed E-state index contributed by atoms with van der Waals surface area (Å²) in [5.41, 5.74) is 7.44. The molecule has 0 saturated heterocycles. The van der Waals surface area contributed by atoms with Crippen LogP contribution in [-0.2, 0) is 4.74 Å². The number of amides is 2. The Bertz CT molecular complexity index is 994. The average Bonchev–Trinajstić information content (AvgIpc) is 3.04. The quantitative estimate of drug-likeness (QED) is 0.0676. The summed E-state index contributed by atoms with van der Waals surface area (Å²) >= 11 is 0. The largest absolute Gasteiger partial charge is 0.462 e. The van der Waals surface area contributed by atoms with Crippen LogP contribution in [0.3, 0.4) is 0 Å². The van der Waals surface area contributed by atoms with Crippen molar-refractivity contribution in [1.29, 1.82) is 0 Å². The second kappa shape index (κ2) is 24.1. The van der Waals surface area contributed by atoms with Crippen molar-refractivity contribution in [3.05, 3.63) is 29.8 Å². The molecule has 1 aromatic carbocycles. The standard InChI is InChI=1S/C42H75N3O3/c1-6-8-10-12-14-16-17-19-21-23-25-35(24-22-20-18-15-13-11-9-7-2)32-48-39(46)36-26-28-37(29-27-36)44-40(47)45-38-30-41(3,4)33-42(5,31-38)34-43/h26-29,35,38H,6-25,30-34,43H2,1-5H3,(H2,44,45,47). The molecular weight excluding hydrogens is 594 g/mol. The molecule has 1 aliphatic rings. The first-order valence-electron chi connectivity index (χ1n) is 20.1. The first-order chi connectivity index (χ1) is 23.1. The molecule has 0 aliphatic heterocycles. The van der Waals surface area contributed by atoms with Crippen LogP contribution in [0.2, 0.25) is 0 Å². The molecule has 3 atom stereocenters. The van der Waals surface area contributed by atoms with Gasteiger partial charge in [-0.25, -0.2) is 9.59 Å². The number of nitrogens with two attached hydrogens (primary N) is 1. The molecule has 1 fully saturated rings. The van der Waals surface area contributed by atoms with E-state index in [1.807, 2.05) is 0 Å². The lowest BCUT2D eigenvalue weighted by molar-refractivity contribution is 0.0422. The Labute approximate surface area is 295 Å². The van der Waals surface area contributed by atoms with Gasteiger partial charge >= 0.3 is 12.0 Å². The fraction of sp³-hybridized carbons (Fsp3) is 0.810. The predicted octanol–water partition coefficient (Wildman–Crippen LogP) is 12.0. The normalized spacial score (nSPS) is 19.5. The van der Waals surface area contributed by atoms with Crippen LogP contribution in [0.25, 0.3) is 0 Å². The fourth-order valence-corrected chi connectivity index (χ4v) is 8.01. The van der Waals surface area contributed by atoms with Gasteiger partial charge in [0, 0.05) is 11.7 Å². The molecule has 0 heterocycles. The molecule has 2 amide bonds. The summed E-state index contributed by atoms with van der Waals surface area (Å²) in [5, 5.41) is 6.11. The number of hydrogen-bond acceptors (Lipinski definition) is 4. The van der Waals surface area contributed by atoms with E-state index in [1.54, 1.807) is 24.3 Å². The molecule has 2 rings (SSSR count). The first kappa shape index (κ1) is 42.1. The SMILES string of the molecule is CCCCCCCCCCCCC(CCCCCCCCCC)COC(=O)c1ccc(NC(=O)NC2CC(C)(C)CC(C)(CN)C2)cc1. The summed E-state index contributed by atoms with van der Waals surface area (Å²) < 4.78 is 5.88. The van der Waals surface area contributed by atoms with E-state index in [0.29, 0.717) is 30.3 Å². The zero-order chi connectivity index (χ0) is 35.1. The number of hydrogen-bond donors (Lipinski definition) is 3. The van der Waals surface area contributed by atoms with Gasteiger partial charge in [-0.2, -0.15) is 0 Å². The number of carbonyl (C=O) groups is 2. The number of benzene rings is 1.